The molecule has 1 saturated carbocycles. The molecule has 0 amide bonds. The van der Waals surface area contributed by atoms with E-state index < -0.39 is 0 Å². The Balaban J connectivity index is 2.08. The first kappa shape index (κ1) is 12.6. The van der Waals surface area contributed by atoms with Crippen LogP contribution < -0.4 is 4.90 Å². The topological polar surface area (TPSA) is 49.2 Å². The fraction of sp³-hybridized carbons (Fsp3) is 0.667. The third-order valence-corrected chi connectivity index (χ3v) is 3.11. The second-order valence-corrected chi connectivity index (χ2v) is 5.13. The van der Waals surface area contributed by atoms with Gasteiger partial charge in [0.15, 0.2) is 0 Å². The van der Waals surface area contributed by atoms with Crippen LogP contribution in [0.3, 0.4) is 0 Å². The number of anilines is 1. The molecule has 0 aliphatic heterocycles. The zero-order chi connectivity index (χ0) is 12.4. The van der Waals surface area contributed by atoms with Crippen molar-refractivity contribution in [3.63, 3.8) is 0 Å². The van der Waals surface area contributed by atoms with Crippen LogP contribution in [0.25, 0.3) is 0 Å². The molecule has 0 aromatic carbocycles. The van der Waals surface area contributed by atoms with E-state index in [0.717, 1.165) is 37.4 Å². The molecule has 1 atom stereocenters. The van der Waals surface area contributed by atoms with Crippen molar-refractivity contribution in [1.82, 2.24) is 9.97 Å². The molecule has 0 spiro atoms. The maximum absolute atomic E-state index is 9.27. The molecular formula is C12H18ClN3O. The SMILES string of the molecule is CC(O)CCN(C)c1cc(Cl)nc(C2CC2)n1. The number of nitrogens with zero attached hydrogens (tertiary/aromatic N) is 3. The number of hydrogen-bond donors (Lipinski definition) is 1. The van der Waals surface area contributed by atoms with Gasteiger partial charge in [0, 0.05) is 25.6 Å². The molecule has 5 heteroatoms. The normalized spacial score (nSPS) is 16.9. The molecular weight excluding hydrogens is 238 g/mol. The summed E-state index contributed by atoms with van der Waals surface area (Å²) < 4.78 is 0. The van der Waals surface area contributed by atoms with Crippen LogP contribution in [0.4, 0.5) is 5.82 Å². The summed E-state index contributed by atoms with van der Waals surface area (Å²) in [5.41, 5.74) is 0. The average molecular weight is 256 g/mol. The van der Waals surface area contributed by atoms with Gasteiger partial charge in [-0.15, -0.1) is 0 Å². The molecule has 0 radical (unpaired) electrons. The molecule has 1 unspecified atom stereocenters. The molecule has 17 heavy (non-hydrogen) atoms. The first-order valence-electron chi connectivity index (χ1n) is 6.00. The van der Waals surface area contributed by atoms with Crippen molar-refractivity contribution < 1.29 is 5.11 Å². The van der Waals surface area contributed by atoms with Crippen molar-refractivity contribution >= 4 is 17.4 Å². The van der Waals surface area contributed by atoms with Crippen LogP contribution in [0.5, 0.6) is 0 Å². The van der Waals surface area contributed by atoms with Gasteiger partial charge in [-0.3, -0.25) is 0 Å². The Labute approximate surface area is 107 Å². The maximum Gasteiger partial charge on any atom is 0.135 e. The number of halogens is 1. The second-order valence-electron chi connectivity index (χ2n) is 4.74. The summed E-state index contributed by atoms with van der Waals surface area (Å²) in [6.45, 7) is 2.55. The highest BCUT2D eigenvalue weighted by Crippen LogP contribution is 2.39. The van der Waals surface area contributed by atoms with E-state index in [-0.39, 0.29) is 6.10 Å². The van der Waals surface area contributed by atoms with Crippen molar-refractivity contribution in [3.8, 4) is 0 Å². The van der Waals surface area contributed by atoms with Crippen LogP contribution in [0.15, 0.2) is 6.07 Å². The van der Waals surface area contributed by atoms with E-state index in [0.29, 0.717) is 11.1 Å². The van der Waals surface area contributed by atoms with Crippen LogP contribution in [0.2, 0.25) is 5.15 Å². The molecule has 1 aliphatic carbocycles. The Bertz CT molecular complexity index is 393. The van der Waals surface area contributed by atoms with Crippen LogP contribution in [-0.4, -0.2) is 34.8 Å². The van der Waals surface area contributed by atoms with E-state index in [2.05, 4.69) is 9.97 Å². The largest absolute Gasteiger partial charge is 0.393 e. The highest BCUT2D eigenvalue weighted by molar-refractivity contribution is 6.29. The minimum Gasteiger partial charge on any atom is -0.393 e. The van der Waals surface area contributed by atoms with E-state index in [1.807, 2.05) is 11.9 Å². The summed E-state index contributed by atoms with van der Waals surface area (Å²) in [5, 5.41) is 9.77. The van der Waals surface area contributed by atoms with Gasteiger partial charge >= 0.3 is 0 Å². The molecule has 0 bridgehead atoms. The molecule has 1 aromatic rings. The third kappa shape index (κ3) is 3.54. The van der Waals surface area contributed by atoms with Gasteiger partial charge in [0.2, 0.25) is 0 Å². The van der Waals surface area contributed by atoms with Crippen LogP contribution in [0.1, 0.15) is 37.9 Å². The number of aliphatic hydroxyl groups is 1. The van der Waals surface area contributed by atoms with Gasteiger partial charge in [0.25, 0.3) is 0 Å². The summed E-state index contributed by atoms with van der Waals surface area (Å²) >= 11 is 6.00. The fourth-order valence-electron chi connectivity index (χ4n) is 1.64. The molecule has 1 fully saturated rings. The van der Waals surface area contributed by atoms with Gasteiger partial charge in [-0.05, 0) is 26.2 Å². The van der Waals surface area contributed by atoms with Crippen LogP contribution in [0, 0.1) is 0 Å². The summed E-state index contributed by atoms with van der Waals surface area (Å²) in [6, 6.07) is 1.77. The number of aliphatic hydroxyl groups excluding tert-OH is 1. The molecule has 4 nitrogen and oxygen atoms in total. The monoisotopic (exact) mass is 255 g/mol. The Hall–Kier alpha value is -0.870. The average Bonchev–Trinajstić information content (AvgIpc) is 3.08. The van der Waals surface area contributed by atoms with Gasteiger partial charge in [-0.2, -0.15) is 0 Å². The van der Waals surface area contributed by atoms with E-state index in [4.69, 9.17) is 11.6 Å². The van der Waals surface area contributed by atoms with Gasteiger partial charge in [0.1, 0.15) is 16.8 Å². The molecule has 1 heterocycles. The van der Waals surface area contributed by atoms with E-state index in [9.17, 15) is 5.11 Å². The van der Waals surface area contributed by atoms with Gasteiger partial charge in [-0.1, -0.05) is 11.6 Å². The van der Waals surface area contributed by atoms with Crippen molar-refractivity contribution in [2.24, 2.45) is 0 Å². The zero-order valence-electron chi connectivity index (χ0n) is 10.2. The highest BCUT2D eigenvalue weighted by Gasteiger charge is 2.27. The highest BCUT2D eigenvalue weighted by atomic mass is 35.5. The lowest BCUT2D eigenvalue weighted by Crippen LogP contribution is -2.23. The van der Waals surface area contributed by atoms with E-state index in [1.165, 1.54) is 0 Å². The minimum absolute atomic E-state index is 0.294. The Kier molecular flexibility index (Phi) is 3.84. The van der Waals surface area contributed by atoms with Crippen molar-refractivity contribution in [3.05, 3.63) is 17.0 Å². The molecule has 1 N–H and O–H groups in total. The first-order valence-corrected chi connectivity index (χ1v) is 6.37. The second kappa shape index (κ2) is 5.19. The molecule has 1 aliphatic rings. The standard InChI is InChI=1S/C12H18ClN3O/c1-8(17)5-6-16(2)11-7-10(13)14-12(15-11)9-3-4-9/h7-9,17H,3-6H2,1-2H3. The quantitative estimate of drug-likeness (QED) is 0.820. The minimum atomic E-state index is -0.294. The number of hydrogen-bond acceptors (Lipinski definition) is 4. The first-order chi connectivity index (χ1) is 8.06. The van der Waals surface area contributed by atoms with Crippen molar-refractivity contribution in [1.29, 1.82) is 0 Å². The van der Waals surface area contributed by atoms with Crippen LogP contribution >= 0.6 is 11.6 Å². The van der Waals surface area contributed by atoms with Gasteiger partial charge < -0.3 is 10.0 Å². The maximum atomic E-state index is 9.27. The Morgan fingerprint density at radius 3 is 2.82 bits per heavy atom. The lowest BCUT2D eigenvalue weighted by molar-refractivity contribution is 0.187. The summed E-state index contributed by atoms with van der Waals surface area (Å²) in [4.78, 5) is 10.8. The summed E-state index contributed by atoms with van der Waals surface area (Å²) in [7, 11) is 1.96. The van der Waals surface area contributed by atoms with E-state index in [1.54, 1.807) is 13.0 Å². The van der Waals surface area contributed by atoms with Crippen molar-refractivity contribution in [2.75, 3.05) is 18.5 Å². The van der Waals surface area contributed by atoms with Gasteiger partial charge in [-0.25, -0.2) is 9.97 Å². The third-order valence-electron chi connectivity index (χ3n) is 2.91. The summed E-state index contributed by atoms with van der Waals surface area (Å²) in [5.74, 6) is 2.20. The predicted molar refractivity (Wildman–Crippen MR) is 68.6 cm³/mol. The number of aromatic nitrogens is 2. The van der Waals surface area contributed by atoms with Crippen LogP contribution in [-0.2, 0) is 0 Å². The van der Waals surface area contributed by atoms with E-state index >= 15 is 0 Å². The number of rotatable bonds is 5. The fourth-order valence-corrected chi connectivity index (χ4v) is 1.82. The zero-order valence-corrected chi connectivity index (χ0v) is 11.0. The predicted octanol–water partition coefficient (Wildman–Crippen LogP) is 2.21. The summed E-state index contributed by atoms with van der Waals surface area (Å²) in [6.07, 6.45) is 2.75. The van der Waals surface area contributed by atoms with Gasteiger partial charge in [0.05, 0.1) is 6.10 Å². The Morgan fingerprint density at radius 1 is 1.53 bits per heavy atom. The molecule has 94 valence electrons. The molecule has 2 rings (SSSR count). The lowest BCUT2D eigenvalue weighted by Gasteiger charge is -2.19. The van der Waals surface area contributed by atoms with Crippen molar-refractivity contribution in [2.45, 2.75) is 38.2 Å². The lowest BCUT2D eigenvalue weighted by atomic mass is 10.3. The molecule has 0 saturated heterocycles. The Morgan fingerprint density at radius 2 is 2.24 bits per heavy atom. The smallest absolute Gasteiger partial charge is 0.135 e. The molecule has 1 aromatic heterocycles.